The SMILES string of the molecule is CCOC(=O)c1ccc(C(F)(F)F)n1C. The first-order valence-corrected chi connectivity index (χ1v) is 4.28. The minimum absolute atomic E-state index is 0.107. The fraction of sp³-hybridized carbons (Fsp3) is 0.444. The van der Waals surface area contributed by atoms with Crippen LogP contribution in [0.25, 0.3) is 0 Å². The van der Waals surface area contributed by atoms with Gasteiger partial charge in [-0.25, -0.2) is 4.79 Å². The smallest absolute Gasteiger partial charge is 0.431 e. The molecule has 0 radical (unpaired) electrons. The van der Waals surface area contributed by atoms with Gasteiger partial charge in [0.2, 0.25) is 0 Å². The molecule has 3 nitrogen and oxygen atoms in total. The molecule has 0 aliphatic rings. The van der Waals surface area contributed by atoms with Gasteiger partial charge < -0.3 is 9.30 Å². The van der Waals surface area contributed by atoms with Crippen molar-refractivity contribution in [1.82, 2.24) is 4.57 Å². The summed E-state index contributed by atoms with van der Waals surface area (Å²) in [5, 5.41) is 0. The summed E-state index contributed by atoms with van der Waals surface area (Å²) in [7, 11) is 1.18. The van der Waals surface area contributed by atoms with E-state index in [9.17, 15) is 18.0 Å². The Kier molecular flexibility index (Phi) is 3.06. The first-order valence-electron chi connectivity index (χ1n) is 4.28. The molecule has 0 amide bonds. The third-order valence-electron chi connectivity index (χ3n) is 1.90. The molecule has 0 aliphatic heterocycles. The van der Waals surface area contributed by atoms with Crippen molar-refractivity contribution >= 4 is 5.97 Å². The average molecular weight is 221 g/mol. The Morgan fingerprint density at radius 1 is 1.47 bits per heavy atom. The number of ether oxygens (including phenoxy) is 1. The first-order chi connectivity index (χ1) is 6.88. The summed E-state index contributed by atoms with van der Waals surface area (Å²) in [6.07, 6.45) is -4.46. The molecule has 1 aromatic rings. The lowest BCUT2D eigenvalue weighted by molar-refractivity contribution is -0.143. The van der Waals surface area contributed by atoms with Crippen molar-refractivity contribution in [2.45, 2.75) is 13.1 Å². The number of esters is 1. The summed E-state index contributed by atoms with van der Waals surface area (Å²) in [6, 6.07) is 1.95. The zero-order valence-electron chi connectivity index (χ0n) is 8.26. The van der Waals surface area contributed by atoms with E-state index in [0.717, 1.165) is 16.7 Å². The molecule has 6 heteroatoms. The minimum Gasteiger partial charge on any atom is -0.461 e. The molecule has 84 valence electrons. The molecule has 0 saturated heterocycles. The van der Waals surface area contributed by atoms with Crippen LogP contribution in [0.4, 0.5) is 13.2 Å². The molecule has 0 N–H and O–H groups in total. The summed E-state index contributed by atoms with van der Waals surface area (Å²) in [5.74, 6) is -0.754. The van der Waals surface area contributed by atoms with Crippen LogP contribution in [0.3, 0.4) is 0 Å². The van der Waals surface area contributed by atoms with Gasteiger partial charge in [-0.15, -0.1) is 0 Å². The van der Waals surface area contributed by atoms with Crippen LogP contribution in [0.5, 0.6) is 0 Å². The second-order valence-corrected chi connectivity index (χ2v) is 2.88. The Labute approximate surface area is 84.4 Å². The standard InChI is InChI=1S/C9H10F3NO2/c1-3-15-8(14)6-4-5-7(13(6)2)9(10,11)12/h4-5H,3H2,1-2H3. The number of halogens is 3. The molecule has 15 heavy (non-hydrogen) atoms. The van der Waals surface area contributed by atoms with E-state index < -0.39 is 17.8 Å². The number of hydrogen-bond donors (Lipinski definition) is 0. The lowest BCUT2D eigenvalue weighted by Gasteiger charge is -2.09. The van der Waals surface area contributed by atoms with Crippen LogP contribution in [0, 0.1) is 0 Å². The number of hydrogen-bond acceptors (Lipinski definition) is 2. The van der Waals surface area contributed by atoms with Crippen LogP contribution >= 0.6 is 0 Å². The fourth-order valence-electron chi connectivity index (χ4n) is 1.21. The van der Waals surface area contributed by atoms with Crippen LogP contribution in [-0.4, -0.2) is 17.1 Å². The number of carbonyl (C=O) groups is 1. The number of alkyl halides is 3. The molecule has 1 heterocycles. The largest absolute Gasteiger partial charge is 0.461 e. The Morgan fingerprint density at radius 3 is 2.47 bits per heavy atom. The molecule has 0 saturated carbocycles. The van der Waals surface area contributed by atoms with Gasteiger partial charge >= 0.3 is 12.1 Å². The zero-order chi connectivity index (χ0) is 11.6. The highest BCUT2D eigenvalue weighted by Gasteiger charge is 2.35. The quantitative estimate of drug-likeness (QED) is 0.717. The summed E-state index contributed by atoms with van der Waals surface area (Å²) >= 11 is 0. The lowest BCUT2D eigenvalue weighted by Crippen LogP contribution is -2.16. The number of carbonyl (C=O) groups excluding carboxylic acids is 1. The Morgan fingerprint density at radius 2 is 2.07 bits per heavy atom. The summed E-state index contributed by atoms with van der Waals surface area (Å²) in [6.45, 7) is 1.72. The van der Waals surface area contributed by atoms with Crippen LogP contribution in [0.2, 0.25) is 0 Å². The average Bonchev–Trinajstić information content (AvgIpc) is 2.46. The van der Waals surface area contributed by atoms with E-state index in [4.69, 9.17) is 0 Å². The molecular formula is C9H10F3NO2. The third-order valence-corrected chi connectivity index (χ3v) is 1.90. The fourth-order valence-corrected chi connectivity index (χ4v) is 1.21. The first kappa shape index (κ1) is 11.6. The molecule has 0 atom stereocenters. The van der Waals surface area contributed by atoms with E-state index in [1.165, 1.54) is 7.05 Å². The highest BCUT2D eigenvalue weighted by molar-refractivity contribution is 5.87. The molecule has 0 unspecified atom stereocenters. The Balaban J connectivity index is 3.04. The van der Waals surface area contributed by atoms with Crippen molar-refractivity contribution in [3.05, 3.63) is 23.5 Å². The van der Waals surface area contributed by atoms with Gasteiger partial charge in [0.05, 0.1) is 6.61 Å². The van der Waals surface area contributed by atoms with Gasteiger partial charge in [0.15, 0.2) is 0 Å². The van der Waals surface area contributed by atoms with Crippen LogP contribution < -0.4 is 0 Å². The summed E-state index contributed by atoms with van der Waals surface area (Å²) in [5.41, 5.74) is -0.977. The van der Waals surface area contributed by atoms with Gasteiger partial charge in [-0.3, -0.25) is 0 Å². The molecule has 1 aromatic heterocycles. The number of rotatable bonds is 2. The van der Waals surface area contributed by atoms with Crippen molar-refractivity contribution in [2.75, 3.05) is 6.61 Å². The second-order valence-electron chi connectivity index (χ2n) is 2.88. The molecule has 0 aromatic carbocycles. The normalized spacial score (nSPS) is 11.5. The predicted molar refractivity (Wildman–Crippen MR) is 46.4 cm³/mol. The van der Waals surface area contributed by atoms with E-state index in [-0.39, 0.29) is 12.3 Å². The topological polar surface area (TPSA) is 31.2 Å². The lowest BCUT2D eigenvalue weighted by atomic mass is 10.4. The van der Waals surface area contributed by atoms with Gasteiger partial charge in [0.25, 0.3) is 0 Å². The molecular weight excluding hydrogens is 211 g/mol. The van der Waals surface area contributed by atoms with Crippen LogP contribution in [-0.2, 0) is 18.0 Å². The van der Waals surface area contributed by atoms with Crippen molar-refractivity contribution < 1.29 is 22.7 Å². The van der Waals surface area contributed by atoms with Gasteiger partial charge in [-0.05, 0) is 19.1 Å². The molecule has 0 spiro atoms. The van der Waals surface area contributed by atoms with Gasteiger partial charge in [-0.1, -0.05) is 0 Å². The van der Waals surface area contributed by atoms with E-state index in [2.05, 4.69) is 4.74 Å². The highest BCUT2D eigenvalue weighted by Crippen LogP contribution is 2.30. The summed E-state index contributed by atoms with van der Waals surface area (Å²) in [4.78, 5) is 11.2. The minimum atomic E-state index is -4.46. The molecule has 0 bridgehead atoms. The Bertz CT molecular complexity index is 368. The number of nitrogens with zero attached hydrogens (tertiary/aromatic N) is 1. The van der Waals surface area contributed by atoms with E-state index in [1.807, 2.05) is 0 Å². The zero-order valence-corrected chi connectivity index (χ0v) is 8.26. The maximum atomic E-state index is 12.3. The van der Waals surface area contributed by atoms with Crippen LogP contribution in [0.15, 0.2) is 12.1 Å². The van der Waals surface area contributed by atoms with Crippen molar-refractivity contribution in [3.63, 3.8) is 0 Å². The van der Waals surface area contributed by atoms with Crippen molar-refractivity contribution in [2.24, 2.45) is 7.05 Å². The molecule has 0 fully saturated rings. The van der Waals surface area contributed by atoms with Gasteiger partial charge in [0, 0.05) is 7.05 Å². The van der Waals surface area contributed by atoms with E-state index in [0.29, 0.717) is 0 Å². The van der Waals surface area contributed by atoms with Crippen molar-refractivity contribution in [3.8, 4) is 0 Å². The van der Waals surface area contributed by atoms with Crippen LogP contribution in [0.1, 0.15) is 23.1 Å². The monoisotopic (exact) mass is 221 g/mol. The number of aromatic nitrogens is 1. The van der Waals surface area contributed by atoms with Gasteiger partial charge in [0.1, 0.15) is 11.4 Å². The summed E-state index contributed by atoms with van der Waals surface area (Å²) < 4.78 is 42.4. The van der Waals surface area contributed by atoms with E-state index in [1.54, 1.807) is 6.92 Å². The van der Waals surface area contributed by atoms with E-state index >= 15 is 0 Å². The Hall–Kier alpha value is -1.46. The highest BCUT2D eigenvalue weighted by atomic mass is 19.4. The van der Waals surface area contributed by atoms with Gasteiger partial charge in [-0.2, -0.15) is 13.2 Å². The maximum Gasteiger partial charge on any atom is 0.431 e. The maximum absolute atomic E-state index is 12.3. The van der Waals surface area contributed by atoms with Crippen molar-refractivity contribution in [1.29, 1.82) is 0 Å². The molecule has 1 rings (SSSR count). The third kappa shape index (κ3) is 2.31. The second kappa shape index (κ2) is 3.96. The molecule has 0 aliphatic carbocycles. The predicted octanol–water partition coefficient (Wildman–Crippen LogP) is 2.22.